The molecule has 104 valence electrons. The molecule has 0 aliphatic carbocycles. The molecule has 0 spiro atoms. The summed E-state index contributed by atoms with van der Waals surface area (Å²) in [6.07, 6.45) is 4.84. The summed E-state index contributed by atoms with van der Waals surface area (Å²) < 4.78 is 0. The normalized spacial score (nSPS) is 10.9. The van der Waals surface area contributed by atoms with Gasteiger partial charge in [0.15, 0.2) is 0 Å². The fraction of sp³-hybridized carbons (Fsp3) is 0.143. The van der Waals surface area contributed by atoms with Crippen LogP contribution in [-0.2, 0) is 11.3 Å². The molecule has 0 aliphatic heterocycles. The molecule has 0 radical (unpaired) electrons. The highest BCUT2D eigenvalue weighted by molar-refractivity contribution is 7.11. The fourth-order valence-corrected chi connectivity index (χ4v) is 2.62. The number of thiazole rings is 1. The van der Waals surface area contributed by atoms with E-state index in [2.05, 4.69) is 10.3 Å². The number of nitrogens with one attached hydrogen (secondary N) is 1. The maximum atomic E-state index is 11.7. The average Bonchev–Trinajstić information content (AvgIpc) is 2.83. The van der Waals surface area contributed by atoms with Gasteiger partial charge in [0.25, 0.3) is 0 Å². The van der Waals surface area contributed by atoms with Crippen molar-refractivity contribution >= 4 is 46.5 Å². The van der Waals surface area contributed by atoms with Crippen molar-refractivity contribution in [1.82, 2.24) is 10.3 Å². The van der Waals surface area contributed by atoms with Crippen LogP contribution in [0.3, 0.4) is 0 Å². The van der Waals surface area contributed by atoms with Gasteiger partial charge >= 0.3 is 0 Å². The Morgan fingerprint density at radius 3 is 2.95 bits per heavy atom. The quantitative estimate of drug-likeness (QED) is 0.860. The summed E-state index contributed by atoms with van der Waals surface area (Å²) in [6.45, 7) is 2.40. The van der Waals surface area contributed by atoms with Crippen molar-refractivity contribution in [2.45, 2.75) is 13.5 Å². The number of aromatic nitrogens is 1. The second kappa shape index (κ2) is 6.88. The summed E-state index contributed by atoms with van der Waals surface area (Å²) in [5, 5.41) is 4.90. The van der Waals surface area contributed by atoms with Crippen LogP contribution in [0.15, 0.2) is 30.5 Å². The lowest BCUT2D eigenvalue weighted by atomic mass is 10.2. The lowest BCUT2D eigenvalue weighted by Crippen LogP contribution is -2.19. The van der Waals surface area contributed by atoms with Crippen LogP contribution in [0.4, 0.5) is 0 Å². The number of carbonyl (C=O) groups is 1. The number of aryl methyl sites for hydroxylation is 1. The Morgan fingerprint density at radius 2 is 2.25 bits per heavy atom. The van der Waals surface area contributed by atoms with Gasteiger partial charge in [-0.25, -0.2) is 4.98 Å². The Balaban J connectivity index is 1.93. The summed E-state index contributed by atoms with van der Waals surface area (Å²) >= 11 is 13.4. The van der Waals surface area contributed by atoms with Crippen molar-refractivity contribution < 1.29 is 4.79 Å². The third-order valence-corrected chi connectivity index (χ3v) is 3.97. The van der Waals surface area contributed by atoms with Crippen LogP contribution in [0.1, 0.15) is 15.4 Å². The summed E-state index contributed by atoms with van der Waals surface area (Å²) in [4.78, 5) is 16.8. The molecule has 0 unspecified atom stereocenters. The first-order chi connectivity index (χ1) is 9.54. The van der Waals surface area contributed by atoms with E-state index >= 15 is 0 Å². The maximum absolute atomic E-state index is 11.7. The highest BCUT2D eigenvalue weighted by Crippen LogP contribution is 2.21. The van der Waals surface area contributed by atoms with Crippen molar-refractivity contribution in [2.75, 3.05) is 0 Å². The molecule has 0 saturated carbocycles. The standard InChI is InChI=1S/C14H12Cl2N2OS/c1-9-17-7-12(20-9)8-18-14(19)5-2-10-6-11(15)3-4-13(10)16/h2-7H,8H2,1H3,(H,18,19). The zero-order chi connectivity index (χ0) is 14.5. The second-order valence-corrected chi connectivity index (χ2v) is 6.23. The Hall–Kier alpha value is -1.36. The molecule has 2 rings (SSSR count). The molecule has 20 heavy (non-hydrogen) atoms. The number of hydrogen-bond donors (Lipinski definition) is 1. The third kappa shape index (κ3) is 4.34. The van der Waals surface area contributed by atoms with Crippen LogP contribution >= 0.6 is 34.5 Å². The van der Waals surface area contributed by atoms with E-state index in [9.17, 15) is 4.79 Å². The van der Waals surface area contributed by atoms with E-state index in [-0.39, 0.29) is 5.91 Å². The number of amides is 1. The molecule has 0 aliphatic rings. The van der Waals surface area contributed by atoms with Crippen LogP contribution in [-0.4, -0.2) is 10.9 Å². The highest BCUT2D eigenvalue weighted by atomic mass is 35.5. The second-order valence-electron chi connectivity index (χ2n) is 4.06. The van der Waals surface area contributed by atoms with Crippen LogP contribution in [0, 0.1) is 6.92 Å². The van der Waals surface area contributed by atoms with Gasteiger partial charge in [-0.3, -0.25) is 4.79 Å². The minimum Gasteiger partial charge on any atom is -0.348 e. The Labute approximate surface area is 131 Å². The van der Waals surface area contributed by atoms with Crippen molar-refractivity contribution in [1.29, 1.82) is 0 Å². The Bertz CT molecular complexity index is 652. The number of carbonyl (C=O) groups excluding carboxylic acids is 1. The predicted octanol–water partition coefficient (Wildman–Crippen LogP) is 4.09. The molecule has 1 amide bonds. The zero-order valence-corrected chi connectivity index (χ0v) is 13.0. The van der Waals surface area contributed by atoms with E-state index in [0.717, 1.165) is 9.88 Å². The number of benzene rings is 1. The molecule has 1 heterocycles. The fourth-order valence-electron chi connectivity index (χ4n) is 1.53. The minimum atomic E-state index is -0.188. The highest BCUT2D eigenvalue weighted by Gasteiger charge is 2.01. The maximum Gasteiger partial charge on any atom is 0.244 e. The molecular weight excluding hydrogens is 315 g/mol. The van der Waals surface area contributed by atoms with Gasteiger partial charge in [0.1, 0.15) is 0 Å². The molecule has 0 fully saturated rings. The molecule has 0 saturated heterocycles. The minimum absolute atomic E-state index is 0.188. The summed E-state index contributed by atoms with van der Waals surface area (Å²) in [5.41, 5.74) is 0.711. The number of nitrogens with zero attached hydrogens (tertiary/aromatic N) is 1. The molecule has 1 aromatic heterocycles. The molecule has 0 bridgehead atoms. The summed E-state index contributed by atoms with van der Waals surface area (Å²) in [5.74, 6) is -0.188. The number of hydrogen-bond acceptors (Lipinski definition) is 3. The molecule has 1 aromatic carbocycles. The van der Waals surface area contributed by atoms with Crippen molar-refractivity contribution in [3.05, 3.63) is 56.0 Å². The third-order valence-electron chi connectivity index (χ3n) is 2.48. The van der Waals surface area contributed by atoms with Crippen LogP contribution in [0.25, 0.3) is 6.08 Å². The van der Waals surface area contributed by atoms with E-state index in [0.29, 0.717) is 22.2 Å². The smallest absolute Gasteiger partial charge is 0.244 e. The van der Waals surface area contributed by atoms with E-state index in [4.69, 9.17) is 23.2 Å². The molecule has 2 aromatic rings. The van der Waals surface area contributed by atoms with Crippen molar-refractivity contribution in [2.24, 2.45) is 0 Å². The molecular formula is C14H12Cl2N2OS. The molecule has 0 atom stereocenters. The van der Waals surface area contributed by atoms with Gasteiger partial charge < -0.3 is 5.32 Å². The van der Waals surface area contributed by atoms with Gasteiger partial charge in [-0.05, 0) is 36.8 Å². The van der Waals surface area contributed by atoms with Gasteiger partial charge in [0.05, 0.1) is 11.6 Å². The van der Waals surface area contributed by atoms with Crippen molar-refractivity contribution in [3.63, 3.8) is 0 Å². The number of halogens is 2. The van der Waals surface area contributed by atoms with E-state index < -0.39 is 0 Å². The Morgan fingerprint density at radius 1 is 1.45 bits per heavy atom. The van der Waals surface area contributed by atoms with Gasteiger partial charge in [0, 0.05) is 27.2 Å². The van der Waals surface area contributed by atoms with E-state index in [1.807, 2.05) is 6.92 Å². The zero-order valence-electron chi connectivity index (χ0n) is 10.7. The van der Waals surface area contributed by atoms with E-state index in [1.165, 1.54) is 6.08 Å². The molecule has 1 N–H and O–H groups in total. The van der Waals surface area contributed by atoms with Crippen molar-refractivity contribution in [3.8, 4) is 0 Å². The van der Waals surface area contributed by atoms with Crippen LogP contribution in [0.2, 0.25) is 10.0 Å². The monoisotopic (exact) mass is 326 g/mol. The Kier molecular flexibility index (Phi) is 5.17. The first kappa shape index (κ1) is 15.0. The summed E-state index contributed by atoms with van der Waals surface area (Å²) in [7, 11) is 0. The van der Waals surface area contributed by atoms with Gasteiger partial charge in [0.2, 0.25) is 5.91 Å². The average molecular weight is 327 g/mol. The predicted molar refractivity (Wildman–Crippen MR) is 84.2 cm³/mol. The lowest BCUT2D eigenvalue weighted by molar-refractivity contribution is -0.116. The van der Waals surface area contributed by atoms with Gasteiger partial charge in [-0.15, -0.1) is 11.3 Å². The SMILES string of the molecule is Cc1ncc(CNC(=O)C=Cc2cc(Cl)ccc2Cl)s1. The van der Waals surface area contributed by atoms with Crippen LogP contribution in [0.5, 0.6) is 0 Å². The van der Waals surface area contributed by atoms with Crippen LogP contribution < -0.4 is 5.32 Å². The summed E-state index contributed by atoms with van der Waals surface area (Å²) in [6, 6.07) is 5.11. The topological polar surface area (TPSA) is 42.0 Å². The molecule has 6 heteroatoms. The lowest BCUT2D eigenvalue weighted by Gasteiger charge is -2.00. The van der Waals surface area contributed by atoms with E-state index in [1.54, 1.807) is 41.8 Å². The molecule has 3 nitrogen and oxygen atoms in total. The van der Waals surface area contributed by atoms with Gasteiger partial charge in [-0.2, -0.15) is 0 Å². The largest absolute Gasteiger partial charge is 0.348 e. The number of rotatable bonds is 4. The first-order valence-corrected chi connectivity index (χ1v) is 7.44. The van der Waals surface area contributed by atoms with Gasteiger partial charge in [-0.1, -0.05) is 23.2 Å². The first-order valence-electron chi connectivity index (χ1n) is 5.87.